The number of rotatable bonds is 5. The Balaban J connectivity index is 1.48. The lowest BCUT2D eigenvalue weighted by atomic mass is 10.00. The molecule has 0 bridgehead atoms. The van der Waals surface area contributed by atoms with Crippen molar-refractivity contribution in [3.8, 4) is 11.5 Å². The molecule has 0 aliphatic carbocycles. The van der Waals surface area contributed by atoms with Crippen molar-refractivity contribution in [1.82, 2.24) is 9.47 Å². The van der Waals surface area contributed by atoms with Crippen molar-refractivity contribution in [3.63, 3.8) is 0 Å². The molecule has 0 spiro atoms. The molecule has 3 aromatic carbocycles. The molecule has 3 nitrogen and oxygen atoms in total. The maximum atomic E-state index is 14.9. The Bertz CT molecular complexity index is 1210. The Kier molecular flexibility index (Phi) is 5.73. The maximum Gasteiger partial charge on any atom is 0.163 e. The predicted octanol–water partition coefficient (Wildman–Crippen LogP) is 6.55. The van der Waals surface area contributed by atoms with Gasteiger partial charge in [-0.05, 0) is 54.4 Å². The van der Waals surface area contributed by atoms with Gasteiger partial charge in [0.25, 0.3) is 0 Å². The first-order valence-electron chi connectivity index (χ1n) is 10.8. The zero-order valence-electron chi connectivity index (χ0n) is 17.6. The summed E-state index contributed by atoms with van der Waals surface area (Å²) >= 11 is 0. The van der Waals surface area contributed by atoms with Crippen LogP contribution >= 0.6 is 0 Å². The van der Waals surface area contributed by atoms with E-state index >= 15 is 0 Å². The number of nitrogens with zero attached hydrogens (tertiary/aromatic N) is 2. The van der Waals surface area contributed by atoms with E-state index in [4.69, 9.17) is 4.74 Å². The molecule has 162 valence electrons. The smallest absolute Gasteiger partial charge is 0.163 e. The zero-order chi connectivity index (χ0) is 21.9. The average Bonchev–Trinajstić information content (AvgIpc) is 3.19. The minimum absolute atomic E-state index is 0.364. The highest BCUT2D eigenvalue weighted by molar-refractivity contribution is 5.35. The number of hydrogen-bond donors (Lipinski definition) is 0. The molecule has 5 heteroatoms. The summed E-state index contributed by atoms with van der Waals surface area (Å²) in [4.78, 5) is 2.22. The van der Waals surface area contributed by atoms with E-state index in [-0.39, 0.29) is 6.04 Å². The van der Waals surface area contributed by atoms with Gasteiger partial charge in [0.2, 0.25) is 0 Å². The summed E-state index contributed by atoms with van der Waals surface area (Å²) in [6, 6.07) is 25.6. The lowest BCUT2D eigenvalue weighted by Crippen LogP contribution is -2.30. The van der Waals surface area contributed by atoms with Crippen molar-refractivity contribution in [1.29, 1.82) is 0 Å². The van der Waals surface area contributed by atoms with E-state index in [0.717, 1.165) is 42.3 Å². The molecule has 2 heterocycles. The average molecular weight is 430 g/mol. The third-order valence-electron chi connectivity index (χ3n) is 5.89. The van der Waals surface area contributed by atoms with E-state index in [1.54, 1.807) is 12.1 Å². The molecule has 1 aliphatic rings. The fourth-order valence-corrected chi connectivity index (χ4v) is 4.46. The molecule has 5 rings (SSSR count). The van der Waals surface area contributed by atoms with Crippen LogP contribution in [0.2, 0.25) is 0 Å². The summed E-state index contributed by atoms with van der Waals surface area (Å²) < 4.78 is 37.2. The molecule has 0 N–H and O–H groups in total. The monoisotopic (exact) mass is 430 g/mol. The number of fused-ring (bicyclic) bond motifs is 1. The molecule has 0 radical (unpaired) electrons. The Morgan fingerprint density at radius 1 is 0.812 bits per heavy atom. The van der Waals surface area contributed by atoms with Crippen molar-refractivity contribution in [3.05, 3.63) is 120 Å². The summed E-state index contributed by atoms with van der Waals surface area (Å²) in [7, 11) is 0. The molecule has 0 fully saturated rings. The second-order valence-corrected chi connectivity index (χ2v) is 8.06. The van der Waals surface area contributed by atoms with Crippen molar-refractivity contribution < 1.29 is 13.5 Å². The number of halogens is 2. The van der Waals surface area contributed by atoms with Gasteiger partial charge >= 0.3 is 0 Å². The quantitative estimate of drug-likeness (QED) is 0.357. The Morgan fingerprint density at radius 2 is 1.62 bits per heavy atom. The first kappa shape index (κ1) is 20.5. The van der Waals surface area contributed by atoms with Crippen molar-refractivity contribution in [2.24, 2.45) is 0 Å². The molecule has 1 aliphatic heterocycles. The molecular weight excluding hydrogens is 406 g/mol. The van der Waals surface area contributed by atoms with Crippen LogP contribution in [0.3, 0.4) is 0 Å². The second-order valence-electron chi connectivity index (χ2n) is 8.06. The normalized spacial score (nSPS) is 16.4. The van der Waals surface area contributed by atoms with Crippen LogP contribution in [0.15, 0.2) is 91.1 Å². The summed E-state index contributed by atoms with van der Waals surface area (Å²) in [5.41, 5.74) is 2.40. The number of benzene rings is 3. The van der Waals surface area contributed by atoms with E-state index in [1.165, 1.54) is 6.07 Å². The van der Waals surface area contributed by atoms with Crippen LogP contribution in [-0.4, -0.2) is 16.0 Å². The number of ether oxygens (including phenoxy) is 1. The summed E-state index contributed by atoms with van der Waals surface area (Å²) in [6.07, 6.45) is 2.94. The predicted molar refractivity (Wildman–Crippen MR) is 121 cm³/mol. The third kappa shape index (κ3) is 4.16. The first-order chi connectivity index (χ1) is 15.7. The fraction of sp³-hybridized carbons (Fsp3) is 0.185. The Hall–Kier alpha value is -3.44. The van der Waals surface area contributed by atoms with E-state index in [9.17, 15) is 8.78 Å². The Morgan fingerprint density at radius 3 is 2.50 bits per heavy atom. The van der Waals surface area contributed by atoms with E-state index in [0.29, 0.717) is 12.1 Å². The van der Waals surface area contributed by atoms with Crippen LogP contribution in [-0.2, 0) is 13.1 Å². The van der Waals surface area contributed by atoms with Gasteiger partial charge in [-0.2, -0.15) is 0 Å². The number of para-hydroxylation sites is 1. The van der Waals surface area contributed by atoms with Gasteiger partial charge < -0.3 is 9.30 Å². The second kappa shape index (κ2) is 8.97. The molecule has 4 aromatic rings. The van der Waals surface area contributed by atoms with Gasteiger partial charge in [-0.25, -0.2) is 8.78 Å². The first-order valence-corrected chi connectivity index (χ1v) is 10.8. The summed E-state index contributed by atoms with van der Waals surface area (Å²) in [6.45, 7) is 2.22. The molecule has 1 atom stereocenters. The van der Waals surface area contributed by atoms with Gasteiger partial charge in [0.1, 0.15) is 11.5 Å². The minimum Gasteiger partial charge on any atom is -0.457 e. The Labute approximate surface area is 186 Å². The fourth-order valence-electron chi connectivity index (χ4n) is 4.46. The van der Waals surface area contributed by atoms with Crippen molar-refractivity contribution in [2.45, 2.75) is 25.6 Å². The van der Waals surface area contributed by atoms with Gasteiger partial charge in [0.15, 0.2) is 11.6 Å². The van der Waals surface area contributed by atoms with Crippen LogP contribution in [0.5, 0.6) is 11.5 Å². The van der Waals surface area contributed by atoms with Gasteiger partial charge in [0, 0.05) is 37.1 Å². The van der Waals surface area contributed by atoms with Crippen LogP contribution in [0.1, 0.15) is 29.3 Å². The van der Waals surface area contributed by atoms with Crippen LogP contribution in [0.4, 0.5) is 8.78 Å². The molecule has 1 unspecified atom stereocenters. The number of aryl methyl sites for hydroxylation is 1. The minimum atomic E-state index is -0.817. The van der Waals surface area contributed by atoms with Crippen LogP contribution in [0.25, 0.3) is 0 Å². The van der Waals surface area contributed by atoms with Gasteiger partial charge in [-0.1, -0.05) is 42.5 Å². The SMILES string of the molecule is Fc1cccc(C2c3cccn3CCCN2Cc2cccc(Oc3ccccc3)c2)c1F. The zero-order valence-corrected chi connectivity index (χ0v) is 17.6. The molecule has 1 aromatic heterocycles. The topological polar surface area (TPSA) is 17.4 Å². The number of hydrogen-bond acceptors (Lipinski definition) is 2. The van der Waals surface area contributed by atoms with Crippen LogP contribution in [0, 0.1) is 11.6 Å². The highest BCUT2D eigenvalue weighted by atomic mass is 19.2. The van der Waals surface area contributed by atoms with E-state index in [1.807, 2.05) is 72.9 Å². The van der Waals surface area contributed by atoms with E-state index < -0.39 is 11.6 Å². The molecule has 32 heavy (non-hydrogen) atoms. The molecule has 0 saturated heterocycles. The third-order valence-corrected chi connectivity index (χ3v) is 5.89. The highest BCUT2D eigenvalue weighted by Gasteiger charge is 2.30. The standard InChI is InChI=1S/C27H24F2N2O/c28-24-13-5-12-23(26(24)29)27-25-14-6-15-30(25)16-7-17-31(27)19-20-8-4-11-22(18-20)32-21-9-2-1-3-10-21/h1-6,8-15,18,27H,7,16-17,19H2. The van der Waals surface area contributed by atoms with Gasteiger partial charge in [0.05, 0.1) is 6.04 Å². The van der Waals surface area contributed by atoms with Crippen molar-refractivity contribution in [2.75, 3.05) is 6.54 Å². The number of aromatic nitrogens is 1. The highest BCUT2D eigenvalue weighted by Crippen LogP contribution is 2.35. The summed E-state index contributed by atoms with van der Waals surface area (Å²) in [5.74, 6) is -0.0706. The summed E-state index contributed by atoms with van der Waals surface area (Å²) in [5, 5.41) is 0. The molecular formula is C27H24F2N2O. The largest absolute Gasteiger partial charge is 0.457 e. The van der Waals surface area contributed by atoms with Crippen molar-refractivity contribution >= 4 is 0 Å². The molecule has 0 saturated carbocycles. The van der Waals surface area contributed by atoms with Crippen LogP contribution < -0.4 is 4.74 Å². The van der Waals surface area contributed by atoms with Gasteiger partial charge in [-0.3, -0.25) is 4.90 Å². The molecule has 0 amide bonds. The maximum absolute atomic E-state index is 14.9. The van der Waals surface area contributed by atoms with Gasteiger partial charge in [-0.15, -0.1) is 0 Å². The van der Waals surface area contributed by atoms with E-state index in [2.05, 4.69) is 9.47 Å². The lowest BCUT2D eigenvalue weighted by molar-refractivity contribution is 0.215. The lowest BCUT2D eigenvalue weighted by Gasteiger charge is -2.31.